The Kier molecular flexibility index (Phi) is 5.09. The summed E-state index contributed by atoms with van der Waals surface area (Å²) in [6, 6.07) is 27.7. The van der Waals surface area contributed by atoms with E-state index in [-0.39, 0.29) is 11.4 Å². The predicted molar refractivity (Wildman–Crippen MR) is 144 cm³/mol. The van der Waals surface area contributed by atoms with E-state index in [0.717, 1.165) is 27.9 Å². The van der Waals surface area contributed by atoms with E-state index >= 15 is 0 Å². The van der Waals surface area contributed by atoms with Crippen molar-refractivity contribution in [2.45, 2.75) is 6.18 Å². The lowest BCUT2D eigenvalue weighted by atomic mass is 10.1. The molecule has 0 fully saturated rings. The number of hydrogen-bond donors (Lipinski definition) is 2. The molecule has 0 aliphatic heterocycles. The van der Waals surface area contributed by atoms with Gasteiger partial charge >= 0.3 is 6.18 Å². The van der Waals surface area contributed by atoms with E-state index < -0.39 is 11.7 Å². The molecule has 0 bridgehead atoms. The van der Waals surface area contributed by atoms with Crippen LogP contribution in [0, 0.1) is 0 Å². The van der Waals surface area contributed by atoms with E-state index in [4.69, 9.17) is 4.98 Å². The molecule has 190 valence electrons. The molecule has 0 amide bonds. The van der Waals surface area contributed by atoms with Gasteiger partial charge in [-0.25, -0.2) is 9.97 Å². The van der Waals surface area contributed by atoms with Crippen LogP contribution in [0.3, 0.4) is 0 Å². The highest BCUT2D eigenvalue weighted by molar-refractivity contribution is 6.05. The quantitative estimate of drug-likeness (QED) is 0.250. The summed E-state index contributed by atoms with van der Waals surface area (Å²) < 4.78 is 42.0. The highest BCUT2D eigenvalue weighted by Gasteiger charge is 2.35. The van der Waals surface area contributed by atoms with Crippen LogP contribution in [0.25, 0.3) is 44.1 Å². The molecule has 0 saturated carbocycles. The molecule has 0 spiro atoms. The molecule has 0 atom stereocenters. The number of halogens is 3. The molecule has 39 heavy (non-hydrogen) atoms. The Morgan fingerprint density at radius 3 is 1.74 bits per heavy atom. The van der Waals surface area contributed by atoms with Gasteiger partial charge in [0.1, 0.15) is 0 Å². The number of rotatable bonds is 4. The van der Waals surface area contributed by atoms with Crippen LogP contribution >= 0.6 is 0 Å². The molecule has 0 aliphatic rings. The van der Waals surface area contributed by atoms with Gasteiger partial charge in [-0.05, 0) is 42.5 Å². The van der Waals surface area contributed by atoms with Crippen molar-refractivity contribution >= 4 is 50.2 Å². The maximum Gasteiger partial charge on any atom is 0.417 e. The Labute approximate surface area is 219 Å². The lowest BCUT2D eigenvalue weighted by Crippen LogP contribution is -2.15. The van der Waals surface area contributed by atoms with Crippen LogP contribution in [0.2, 0.25) is 0 Å². The number of nitrogens with one attached hydrogen (secondary N) is 2. The van der Waals surface area contributed by atoms with Gasteiger partial charge in [0.2, 0.25) is 0 Å². The van der Waals surface area contributed by atoms with Gasteiger partial charge in [-0.3, -0.25) is 15.1 Å². The van der Waals surface area contributed by atoms with Crippen molar-refractivity contribution < 1.29 is 13.2 Å². The number of alkyl halides is 3. The maximum atomic E-state index is 14.0. The van der Waals surface area contributed by atoms with Crippen molar-refractivity contribution in [3.8, 4) is 11.4 Å². The number of aromatic nitrogens is 6. The zero-order chi connectivity index (χ0) is 26.6. The molecule has 7 rings (SSSR count). The minimum Gasteiger partial charge on any atom is -0.276 e. The normalized spacial score (nSPS) is 12.0. The first-order chi connectivity index (χ1) is 19.0. The van der Waals surface area contributed by atoms with Gasteiger partial charge in [0.15, 0.2) is 23.3 Å². The van der Waals surface area contributed by atoms with E-state index in [0.29, 0.717) is 28.4 Å². The first kappa shape index (κ1) is 22.9. The first-order valence-corrected chi connectivity index (χ1v) is 12.1. The fraction of sp³-hybridized carbons (Fsp3) is 0.0345. The van der Waals surface area contributed by atoms with E-state index in [1.54, 1.807) is 23.1 Å². The Bertz CT molecular complexity index is 1920. The summed E-state index contributed by atoms with van der Waals surface area (Å²) >= 11 is 0. The van der Waals surface area contributed by atoms with E-state index in [1.165, 1.54) is 12.1 Å². The van der Waals surface area contributed by atoms with Crippen molar-refractivity contribution in [3.63, 3.8) is 0 Å². The molecule has 2 N–H and O–H groups in total. The average Bonchev–Trinajstić information content (AvgIpc) is 3.58. The topological polar surface area (TPSA) is 86.4 Å². The number of benzene rings is 4. The number of fused-ring (bicyclic) bond motifs is 3. The van der Waals surface area contributed by atoms with Gasteiger partial charge in [-0.2, -0.15) is 23.4 Å². The Balaban J connectivity index is 1.58. The lowest BCUT2D eigenvalue weighted by Gasteiger charge is -2.22. The molecule has 10 heteroatoms. The predicted octanol–water partition coefficient (Wildman–Crippen LogP) is 7.54. The number of H-pyrrole nitrogens is 2. The van der Waals surface area contributed by atoms with Crippen LogP contribution in [0.15, 0.2) is 97.1 Å². The van der Waals surface area contributed by atoms with Crippen LogP contribution in [0.5, 0.6) is 0 Å². The Morgan fingerprint density at radius 2 is 1.10 bits per heavy atom. The molecule has 0 aliphatic carbocycles. The third-order valence-corrected chi connectivity index (χ3v) is 6.59. The third kappa shape index (κ3) is 3.76. The second-order valence-corrected chi connectivity index (χ2v) is 8.95. The van der Waals surface area contributed by atoms with E-state index in [9.17, 15) is 13.2 Å². The molecular weight excluding hydrogens is 503 g/mol. The summed E-state index contributed by atoms with van der Waals surface area (Å²) in [5.74, 6) is 1.30. The van der Waals surface area contributed by atoms with Gasteiger partial charge < -0.3 is 0 Å². The number of nitrogens with zero attached hydrogens (tertiary/aromatic N) is 5. The first-order valence-electron chi connectivity index (χ1n) is 12.1. The molecule has 0 saturated heterocycles. The van der Waals surface area contributed by atoms with Gasteiger partial charge in [0.25, 0.3) is 0 Å². The van der Waals surface area contributed by atoms with Crippen LogP contribution in [-0.4, -0.2) is 30.4 Å². The summed E-state index contributed by atoms with van der Waals surface area (Å²) in [5, 5.41) is 17.5. The molecule has 7 nitrogen and oxygen atoms in total. The fourth-order valence-corrected chi connectivity index (χ4v) is 4.82. The molecule has 3 heterocycles. The van der Waals surface area contributed by atoms with Crippen molar-refractivity contribution in [2.24, 2.45) is 0 Å². The minimum absolute atomic E-state index is 0.0543. The molecule has 7 aromatic rings. The summed E-state index contributed by atoms with van der Waals surface area (Å²) in [7, 11) is 0. The summed E-state index contributed by atoms with van der Waals surface area (Å²) in [5.41, 5.74) is 1.14. The molecule has 4 aromatic carbocycles. The summed E-state index contributed by atoms with van der Waals surface area (Å²) in [6.45, 7) is 0. The van der Waals surface area contributed by atoms with Crippen LogP contribution < -0.4 is 4.90 Å². The average molecular weight is 522 g/mol. The van der Waals surface area contributed by atoms with Crippen LogP contribution in [-0.2, 0) is 6.18 Å². The molecule has 0 radical (unpaired) electrons. The zero-order valence-electron chi connectivity index (χ0n) is 20.1. The Hall–Kier alpha value is -5.25. The van der Waals surface area contributed by atoms with Crippen LogP contribution in [0.1, 0.15) is 5.56 Å². The molecule has 0 unspecified atom stereocenters. The van der Waals surface area contributed by atoms with E-state index in [1.807, 2.05) is 60.7 Å². The highest BCUT2D eigenvalue weighted by atomic mass is 19.4. The third-order valence-electron chi connectivity index (χ3n) is 6.59. The van der Waals surface area contributed by atoms with Crippen molar-refractivity contribution in [1.29, 1.82) is 0 Å². The van der Waals surface area contributed by atoms with Gasteiger partial charge in [-0.1, -0.05) is 54.6 Å². The van der Waals surface area contributed by atoms with E-state index in [2.05, 4.69) is 25.4 Å². The smallest absolute Gasteiger partial charge is 0.276 e. The second kappa shape index (κ2) is 8.66. The van der Waals surface area contributed by atoms with Gasteiger partial charge in [0.05, 0.1) is 22.1 Å². The molecule has 3 aromatic heterocycles. The summed E-state index contributed by atoms with van der Waals surface area (Å²) in [4.78, 5) is 11.1. The highest BCUT2D eigenvalue weighted by Crippen LogP contribution is 2.43. The van der Waals surface area contributed by atoms with Crippen molar-refractivity contribution in [1.82, 2.24) is 30.4 Å². The standard InChI is InChI=1S/C29H18F3N7/c30-29(31,32)21-13-5-1-9-17(21)25-33-22-14-6-2-10-18(22)26(34-25)39(27-19-11-3-7-15-23(19)35-37-27)28-20-12-4-8-16-24(20)36-38-28/h1-16H,(H,35,37)(H,36,38). The number of anilines is 3. The fourth-order valence-electron chi connectivity index (χ4n) is 4.82. The second-order valence-electron chi connectivity index (χ2n) is 8.95. The van der Waals surface area contributed by atoms with Crippen molar-refractivity contribution in [3.05, 3.63) is 103 Å². The molecular formula is C29H18F3N7. The summed E-state index contributed by atoms with van der Waals surface area (Å²) in [6.07, 6.45) is -4.58. The minimum atomic E-state index is -4.58. The zero-order valence-corrected chi connectivity index (χ0v) is 20.1. The number of para-hydroxylation sites is 3. The maximum absolute atomic E-state index is 14.0. The number of hydrogen-bond acceptors (Lipinski definition) is 5. The SMILES string of the molecule is FC(F)(F)c1ccccc1-c1nc(N(c2n[nH]c3ccccc23)c2n[nH]c3ccccc23)c2ccccc2n1. The lowest BCUT2D eigenvalue weighted by molar-refractivity contribution is -0.137. The van der Waals surface area contributed by atoms with Crippen molar-refractivity contribution in [2.75, 3.05) is 4.90 Å². The van der Waals surface area contributed by atoms with Gasteiger partial charge in [0, 0.05) is 21.7 Å². The van der Waals surface area contributed by atoms with Gasteiger partial charge in [-0.15, -0.1) is 0 Å². The Morgan fingerprint density at radius 1 is 0.564 bits per heavy atom. The largest absolute Gasteiger partial charge is 0.417 e. The number of aromatic amines is 2. The van der Waals surface area contributed by atoms with Crippen LogP contribution in [0.4, 0.5) is 30.6 Å². The monoisotopic (exact) mass is 521 g/mol.